The van der Waals surface area contributed by atoms with E-state index in [1.165, 1.54) is 18.4 Å². The molecule has 1 fully saturated rings. The highest BCUT2D eigenvalue weighted by molar-refractivity contribution is 5.95. The highest BCUT2D eigenvalue weighted by Crippen LogP contribution is 2.14. The molecule has 1 aromatic carbocycles. The number of piperidine rings is 1. The zero-order chi connectivity index (χ0) is 20.1. The Hall–Kier alpha value is -3.29. The maximum absolute atomic E-state index is 12.3. The molecule has 0 radical (unpaired) electrons. The normalized spacial score (nSPS) is 14.5. The van der Waals surface area contributed by atoms with Gasteiger partial charge in [0.05, 0.1) is 17.4 Å². The predicted molar refractivity (Wildman–Crippen MR) is 101 cm³/mol. The second-order valence-corrected chi connectivity index (χ2v) is 6.79. The first-order valence-electron chi connectivity index (χ1n) is 9.14. The van der Waals surface area contributed by atoms with E-state index >= 15 is 0 Å². The van der Waals surface area contributed by atoms with Crippen molar-refractivity contribution < 1.29 is 23.9 Å². The Morgan fingerprint density at radius 3 is 2.39 bits per heavy atom. The van der Waals surface area contributed by atoms with Crippen molar-refractivity contribution in [3.8, 4) is 0 Å². The fourth-order valence-electron chi connectivity index (χ4n) is 3.17. The van der Waals surface area contributed by atoms with Gasteiger partial charge in [-0.05, 0) is 43.5 Å². The lowest BCUT2D eigenvalue weighted by Gasteiger charge is -2.32. The van der Waals surface area contributed by atoms with Gasteiger partial charge in [-0.3, -0.25) is 4.79 Å². The minimum Gasteiger partial charge on any atom is -0.478 e. The van der Waals surface area contributed by atoms with Crippen LogP contribution in [0.4, 0.5) is 4.79 Å². The second kappa shape index (κ2) is 8.60. The zero-order valence-electron chi connectivity index (χ0n) is 15.6. The van der Waals surface area contributed by atoms with E-state index in [0.717, 1.165) is 5.56 Å². The molecular formula is C20H23N3O5. The maximum Gasteiger partial charge on any atom is 0.335 e. The fraction of sp³-hybridized carbons (Fsp3) is 0.350. The molecular weight excluding hydrogens is 362 g/mol. The fourth-order valence-corrected chi connectivity index (χ4v) is 3.17. The first-order valence-corrected chi connectivity index (χ1v) is 9.14. The molecule has 3 amide bonds. The Balaban J connectivity index is 1.43. The highest BCUT2D eigenvalue weighted by atomic mass is 16.4. The average molecular weight is 385 g/mol. The van der Waals surface area contributed by atoms with Crippen molar-refractivity contribution in [1.82, 2.24) is 15.5 Å². The van der Waals surface area contributed by atoms with Crippen molar-refractivity contribution in [2.24, 2.45) is 0 Å². The molecule has 28 heavy (non-hydrogen) atoms. The van der Waals surface area contributed by atoms with E-state index in [4.69, 9.17) is 9.52 Å². The summed E-state index contributed by atoms with van der Waals surface area (Å²) in [5.74, 6) is -0.543. The number of aromatic carboxylic acids is 1. The molecule has 1 aromatic heterocycles. The number of nitrogens with one attached hydrogen (secondary N) is 2. The number of hydrogen-bond donors (Lipinski definition) is 3. The number of furan rings is 1. The molecule has 8 nitrogen and oxygen atoms in total. The van der Waals surface area contributed by atoms with Crippen molar-refractivity contribution in [3.05, 3.63) is 59.0 Å². The summed E-state index contributed by atoms with van der Waals surface area (Å²) in [5.41, 5.74) is 1.58. The van der Waals surface area contributed by atoms with E-state index in [1.54, 1.807) is 30.0 Å². The van der Waals surface area contributed by atoms with Crippen LogP contribution >= 0.6 is 0 Å². The number of urea groups is 1. The lowest BCUT2D eigenvalue weighted by Crippen LogP contribution is -2.49. The molecule has 1 saturated heterocycles. The molecule has 148 valence electrons. The summed E-state index contributed by atoms with van der Waals surface area (Å²) < 4.78 is 5.15. The third kappa shape index (κ3) is 4.70. The number of carboxylic acid groups (broad SMARTS) is 1. The van der Waals surface area contributed by atoms with Gasteiger partial charge in [-0.25, -0.2) is 9.59 Å². The Kier molecular flexibility index (Phi) is 5.98. The summed E-state index contributed by atoms with van der Waals surface area (Å²) in [6, 6.07) is 7.90. The number of carboxylic acids is 1. The smallest absolute Gasteiger partial charge is 0.335 e. The highest BCUT2D eigenvalue weighted by Gasteiger charge is 2.24. The third-order valence-electron chi connectivity index (χ3n) is 4.87. The molecule has 0 bridgehead atoms. The molecule has 1 aliphatic heterocycles. The van der Waals surface area contributed by atoms with Crippen LogP contribution in [0.15, 0.2) is 41.0 Å². The first-order chi connectivity index (χ1) is 13.4. The molecule has 8 heteroatoms. The molecule has 3 rings (SSSR count). The molecule has 1 aliphatic rings. The number of carbonyl (C=O) groups is 3. The van der Waals surface area contributed by atoms with Gasteiger partial charge in [-0.1, -0.05) is 12.1 Å². The Bertz CT molecular complexity index is 851. The molecule has 0 unspecified atom stereocenters. The van der Waals surface area contributed by atoms with E-state index in [1.807, 2.05) is 0 Å². The third-order valence-corrected chi connectivity index (χ3v) is 4.87. The van der Waals surface area contributed by atoms with Gasteiger partial charge < -0.3 is 25.1 Å². The lowest BCUT2D eigenvalue weighted by molar-refractivity contribution is 0.0696. The SMILES string of the molecule is Cc1occc1C(=O)NC1CCN(C(=O)NCc2ccc(C(=O)O)cc2)CC1. The molecule has 2 aromatic rings. The number of carbonyl (C=O) groups excluding carboxylic acids is 2. The topological polar surface area (TPSA) is 112 Å². The zero-order valence-corrected chi connectivity index (χ0v) is 15.6. The molecule has 3 N–H and O–H groups in total. The van der Waals surface area contributed by atoms with Crippen LogP contribution in [0.1, 0.15) is 44.9 Å². The van der Waals surface area contributed by atoms with Crippen molar-refractivity contribution in [3.63, 3.8) is 0 Å². The summed E-state index contributed by atoms with van der Waals surface area (Å²) in [6.45, 7) is 3.18. The van der Waals surface area contributed by atoms with Crippen LogP contribution in [0.2, 0.25) is 0 Å². The van der Waals surface area contributed by atoms with E-state index < -0.39 is 5.97 Å². The molecule has 0 spiro atoms. The number of rotatable bonds is 5. The summed E-state index contributed by atoms with van der Waals surface area (Å²) in [6.07, 6.45) is 2.86. The van der Waals surface area contributed by atoms with E-state index in [9.17, 15) is 14.4 Å². The van der Waals surface area contributed by atoms with Crippen molar-refractivity contribution in [1.29, 1.82) is 0 Å². The average Bonchev–Trinajstić information content (AvgIpc) is 3.13. The van der Waals surface area contributed by atoms with Gasteiger partial charge in [0.1, 0.15) is 5.76 Å². The summed E-state index contributed by atoms with van der Waals surface area (Å²) in [4.78, 5) is 37.1. The summed E-state index contributed by atoms with van der Waals surface area (Å²) in [7, 11) is 0. The van der Waals surface area contributed by atoms with E-state index in [0.29, 0.717) is 43.8 Å². The second-order valence-electron chi connectivity index (χ2n) is 6.79. The largest absolute Gasteiger partial charge is 0.478 e. The summed E-state index contributed by atoms with van der Waals surface area (Å²) in [5, 5.41) is 14.7. The quantitative estimate of drug-likeness (QED) is 0.732. The minimum atomic E-state index is -0.978. The van der Waals surface area contributed by atoms with Crippen LogP contribution in [-0.4, -0.2) is 47.0 Å². The van der Waals surface area contributed by atoms with Gasteiger partial charge in [0.2, 0.25) is 0 Å². The maximum atomic E-state index is 12.3. The van der Waals surface area contributed by atoms with Crippen molar-refractivity contribution >= 4 is 17.9 Å². The number of aryl methyl sites for hydroxylation is 1. The van der Waals surface area contributed by atoms with Gasteiger partial charge in [-0.2, -0.15) is 0 Å². The summed E-state index contributed by atoms with van der Waals surface area (Å²) >= 11 is 0. The first kappa shape index (κ1) is 19.5. The van der Waals surface area contributed by atoms with Crippen LogP contribution in [-0.2, 0) is 6.54 Å². The van der Waals surface area contributed by atoms with Gasteiger partial charge in [0.25, 0.3) is 5.91 Å². The lowest BCUT2D eigenvalue weighted by atomic mass is 10.0. The van der Waals surface area contributed by atoms with E-state index in [2.05, 4.69) is 10.6 Å². The predicted octanol–water partition coefficient (Wildman–Crippen LogP) is 2.39. The number of amides is 3. The van der Waals surface area contributed by atoms with Crippen LogP contribution in [0, 0.1) is 6.92 Å². The Labute approximate surface area is 162 Å². The molecule has 0 saturated carbocycles. The number of likely N-dealkylation sites (tertiary alicyclic amines) is 1. The monoisotopic (exact) mass is 385 g/mol. The van der Waals surface area contributed by atoms with Crippen LogP contribution in [0.3, 0.4) is 0 Å². The number of hydrogen-bond acceptors (Lipinski definition) is 4. The van der Waals surface area contributed by atoms with Gasteiger partial charge in [0.15, 0.2) is 0 Å². The molecule has 0 atom stereocenters. The van der Waals surface area contributed by atoms with Gasteiger partial charge >= 0.3 is 12.0 Å². The number of benzene rings is 1. The van der Waals surface area contributed by atoms with E-state index in [-0.39, 0.29) is 23.5 Å². The van der Waals surface area contributed by atoms with Crippen LogP contribution in [0.25, 0.3) is 0 Å². The van der Waals surface area contributed by atoms with Gasteiger partial charge in [0, 0.05) is 25.7 Å². The van der Waals surface area contributed by atoms with Gasteiger partial charge in [-0.15, -0.1) is 0 Å². The standard InChI is InChI=1S/C20H23N3O5/c1-13-17(8-11-28-13)18(24)22-16-6-9-23(10-7-16)20(27)21-12-14-2-4-15(5-3-14)19(25)26/h2-5,8,11,16H,6-7,9-10,12H2,1H3,(H,21,27)(H,22,24)(H,25,26). The Morgan fingerprint density at radius 1 is 1.14 bits per heavy atom. The minimum absolute atomic E-state index is 0.0226. The van der Waals surface area contributed by atoms with Crippen molar-refractivity contribution in [2.45, 2.75) is 32.4 Å². The number of nitrogens with zero attached hydrogens (tertiary/aromatic N) is 1. The molecule has 0 aliphatic carbocycles. The molecule has 2 heterocycles. The van der Waals surface area contributed by atoms with Crippen LogP contribution in [0.5, 0.6) is 0 Å². The van der Waals surface area contributed by atoms with Crippen LogP contribution < -0.4 is 10.6 Å². The Morgan fingerprint density at radius 2 is 1.82 bits per heavy atom. The van der Waals surface area contributed by atoms with Crippen molar-refractivity contribution in [2.75, 3.05) is 13.1 Å².